The van der Waals surface area contributed by atoms with Crippen molar-refractivity contribution >= 4 is 20.6 Å². The third-order valence-electron chi connectivity index (χ3n) is 5.77. The van der Waals surface area contributed by atoms with Gasteiger partial charge in [0.25, 0.3) is 0 Å². The van der Waals surface area contributed by atoms with E-state index < -0.39 is 9.84 Å². The Kier molecular flexibility index (Phi) is 5.51. The van der Waals surface area contributed by atoms with Crippen LogP contribution in [0.5, 0.6) is 0 Å². The first-order chi connectivity index (χ1) is 13.5. The van der Waals surface area contributed by atoms with Crippen molar-refractivity contribution in [3.05, 3.63) is 77.9 Å². The third kappa shape index (κ3) is 3.98. The summed E-state index contributed by atoms with van der Waals surface area (Å²) in [5.74, 6) is 0. The molecule has 0 spiro atoms. The summed E-state index contributed by atoms with van der Waals surface area (Å²) in [5.41, 5.74) is 1.98. The van der Waals surface area contributed by atoms with E-state index in [2.05, 4.69) is 35.6 Å². The molecule has 0 aromatic heterocycles. The first kappa shape index (κ1) is 19.2. The van der Waals surface area contributed by atoms with E-state index in [4.69, 9.17) is 0 Å². The second-order valence-corrected chi connectivity index (χ2v) is 9.80. The van der Waals surface area contributed by atoms with Crippen LogP contribution in [0.2, 0.25) is 0 Å². The molecular weight excluding hydrogens is 366 g/mol. The number of fused-ring (bicyclic) bond motifs is 1. The molecule has 146 valence electrons. The normalized spacial score (nSPS) is 16.9. The molecule has 1 atom stereocenters. The van der Waals surface area contributed by atoms with Crippen LogP contribution in [0.1, 0.15) is 49.3 Å². The fraction of sp³-hybridized carbons (Fsp3) is 0.333. The highest BCUT2D eigenvalue weighted by atomic mass is 32.2. The number of hydrogen-bond acceptors (Lipinski definition) is 3. The van der Waals surface area contributed by atoms with E-state index in [1.807, 2.05) is 24.3 Å². The predicted octanol–water partition coefficient (Wildman–Crippen LogP) is 5.26. The molecule has 3 nitrogen and oxygen atoms in total. The molecule has 1 aliphatic carbocycles. The van der Waals surface area contributed by atoms with Gasteiger partial charge in [0.2, 0.25) is 0 Å². The average Bonchev–Trinajstić information content (AvgIpc) is 2.72. The molecule has 1 N–H and O–H groups in total. The zero-order valence-corrected chi connectivity index (χ0v) is 17.1. The summed E-state index contributed by atoms with van der Waals surface area (Å²) in [7, 11) is -3.32. The van der Waals surface area contributed by atoms with E-state index >= 15 is 0 Å². The van der Waals surface area contributed by atoms with Crippen molar-refractivity contribution in [1.29, 1.82) is 0 Å². The van der Waals surface area contributed by atoms with Crippen molar-refractivity contribution in [2.45, 2.75) is 49.1 Å². The van der Waals surface area contributed by atoms with Crippen LogP contribution in [-0.4, -0.2) is 20.7 Å². The standard InChI is InChI=1S/C24H27NO2S/c1-28(26,27)23-17-8-7-15-22(23)24(25-19-12-3-2-4-13-19)21-16-9-11-18-10-5-6-14-20(18)21/h5-11,14-17,19,24-25H,2-4,12-13H2,1H3. The Morgan fingerprint density at radius 3 is 2.25 bits per heavy atom. The summed E-state index contributed by atoms with van der Waals surface area (Å²) in [6.45, 7) is 0. The van der Waals surface area contributed by atoms with Gasteiger partial charge in [0.15, 0.2) is 9.84 Å². The minimum Gasteiger partial charge on any atom is -0.303 e. The smallest absolute Gasteiger partial charge is 0.175 e. The average molecular weight is 394 g/mol. The number of nitrogens with one attached hydrogen (secondary N) is 1. The molecule has 0 amide bonds. The molecule has 3 aromatic carbocycles. The fourth-order valence-electron chi connectivity index (χ4n) is 4.41. The maximum Gasteiger partial charge on any atom is 0.175 e. The Balaban J connectivity index is 1.88. The topological polar surface area (TPSA) is 46.2 Å². The van der Waals surface area contributed by atoms with E-state index in [9.17, 15) is 8.42 Å². The first-order valence-electron chi connectivity index (χ1n) is 10.1. The highest BCUT2D eigenvalue weighted by molar-refractivity contribution is 7.90. The van der Waals surface area contributed by atoms with Crippen LogP contribution in [0.3, 0.4) is 0 Å². The molecule has 1 fully saturated rings. The lowest BCUT2D eigenvalue weighted by molar-refractivity contribution is 0.353. The van der Waals surface area contributed by atoms with E-state index in [-0.39, 0.29) is 6.04 Å². The molecule has 4 heteroatoms. The molecule has 1 aliphatic rings. The molecule has 0 aliphatic heterocycles. The van der Waals surface area contributed by atoms with Gasteiger partial charge in [-0.1, -0.05) is 79.9 Å². The lowest BCUT2D eigenvalue weighted by Crippen LogP contribution is -2.35. The largest absolute Gasteiger partial charge is 0.303 e. The van der Waals surface area contributed by atoms with Gasteiger partial charge in [-0.2, -0.15) is 0 Å². The SMILES string of the molecule is CS(=O)(=O)c1ccccc1C(NC1CCCCC1)c1cccc2ccccc12. The van der Waals surface area contributed by atoms with E-state index in [0.29, 0.717) is 10.9 Å². The monoisotopic (exact) mass is 393 g/mol. The van der Waals surface area contributed by atoms with Crippen LogP contribution in [0.15, 0.2) is 71.6 Å². The van der Waals surface area contributed by atoms with Gasteiger partial charge in [-0.3, -0.25) is 0 Å². The Morgan fingerprint density at radius 1 is 0.821 bits per heavy atom. The predicted molar refractivity (Wildman–Crippen MR) is 115 cm³/mol. The number of hydrogen-bond donors (Lipinski definition) is 1. The Bertz CT molecular complexity index is 1060. The summed E-state index contributed by atoms with van der Waals surface area (Å²) in [6.07, 6.45) is 7.33. The van der Waals surface area contributed by atoms with Crippen molar-refractivity contribution in [2.75, 3.05) is 6.26 Å². The highest BCUT2D eigenvalue weighted by Crippen LogP contribution is 2.34. The highest BCUT2D eigenvalue weighted by Gasteiger charge is 2.26. The summed E-state index contributed by atoms with van der Waals surface area (Å²) in [4.78, 5) is 0.413. The molecule has 3 aromatic rings. The molecule has 4 rings (SSSR count). The molecule has 28 heavy (non-hydrogen) atoms. The Hall–Kier alpha value is -2.17. The van der Waals surface area contributed by atoms with Crippen LogP contribution < -0.4 is 5.32 Å². The summed E-state index contributed by atoms with van der Waals surface area (Å²) in [5, 5.41) is 6.17. The van der Waals surface area contributed by atoms with Crippen molar-refractivity contribution in [2.24, 2.45) is 0 Å². The van der Waals surface area contributed by atoms with E-state index in [1.165, 1.54) is 36.3 Å². The number of rotatable bonds is 5. The van der Waals surface area contributed by atoms with Gasteiger partial charge >= 0.3 is 0 Å². The van der Waals surface area contributed by atoms with Gasteiger partial charge in [-0.25, -0.2) is 8.42 Å². The summed E-state index contributed by atoms with van der Waals surface area (Å²) < 4.78 is 25.0. The maximum atomic E-state index is 12.5. The van der Waals surface area contributed by atoms with Crippen molar-refractivity contribution in [3.63, 3.8) is 0 Å². The fourth-order valence-corrected chi connectivity index (χ4v) is 5.35. The summed E-state index contributed by atoms with van der Waals surface area (Å²) >= 11 is 0. The molecule has 0 saturated heterocycles. The molecule has 1 unspecified atom stereocenters. The van der Waals surface area contributed by atoms with Crippen molar-refractivity contribution in [3.8, 4) is 0 Å². The number of benzene rings is 3. The zero-order chi connectivity index (χ0) is 19.6. The summed E-state index contributed by atoms with van der Waals surface area (Å²) in [6, 6.07) is 22.3. The minimum absolute atomic E-state index is 0.153. The van der Waals surface area contributed by atoms with Crippen LogP contribution in [0, 0.1) is 0 Å². The van der Waals surface area contributed by atoms with Crippen molar-refractivity contribution in [1.82, 2.24) is 5.32 Å². The van der Waals surface area contributed by atoms with Gasteiger partial charge in [0.05, 0.1) is 10.9 Å². The van der Waals surface area contributed by atoms with Gasteiger partial charge in [-0.05, 0) is 40.8 Å². The lowest BCUT2D eigenvalue weighted by Gasteiger charge is -2.30. The van der Waals surface area contributed by atoms with Crippen LogP contribution >= 0.6 is 0 Å². The molecule has 0 heterocycles. The third-order valence-corrected chi connectivity index (χ3v) is 6.94. The molecular formula is C24H27NO2S. The minimum atomic E-state index is -3.32. The van der Waals surface area contributed by atoms with E-state index in [0.717, 1.165) is 24.0 Å². The first-order valence-corrected chi connectivity index (χ1v) is 12.0. The quantitative estimate of drug-likeness (QED) is 0.643. The van der Waals surface area contributed by atoms with Gasteiger partial charge in [0.1, 0.15) is 0 Å². The Labute approximate surface area is 167 Å². The van der Waals surface area contributed by atoms with Gasteiger partial charge in [-0.15, -0.1) is 0 Å². The molecule has 0 bridgehead atoms. The second kappa shape index (κ2) is 8.06. The lowest BCUT2D eigenvalue weighted by atomic mass is 9.90. The Morgan fingerprint density at radius 2 is 1.46 bits per heavy atom. The molecule has 0 radical (unpaired) electrons. The van der Waals surface area contributed by atoms with Gasteiger partial charge in [0, 0.05) is 12.3 Å². The van der Waals surface area contributed by atoms with E-state index in [1.54, 1.807) is 12.1 Å². The van der Waals surface area contributed by atoms with Crippen LogP contribution in [0.25, 0.3) is 10.8 Å². The van der Waals surface area contributed by atoms with Crippen LogP contribution in [-0.2, 0) is 9.84 Å². The maximum absolute atomic E-state index is 12.5. The van der Waals surface area contributed by atoms with Gasteiger partial charge < -0.3 is 5.32 Å². The second-order valence-electron chi connectivity index (χ2n) is 7.81. The molecule has 1 saturated carbocycles. The zero-order valence-electron chi connectivity index (χ0n) is 16.3. The number of sulfone groups is 1. The van der Waals surface area contributed by atoms with Crippen LogP contribution in [0.4, 0.5) is 0 Å². The van der Waals surface area contributed by atoms with Crippen molar-refractivity contribution < 1.29 is 8.42 Å².